The molecule has 6 heteroatoms. The fourth-order valence-corrected chi connectivity index (χ4v) is 4.49. The Morgan fingerprint density at radius 2 is 1.74 bits per heavy atom. The van der Waals surface area contributed by atoms with E-state index in [2.05, 4.69) is 0 Å². The van der Waals surface area contributed by atoms with Crippen LogP contribution in [-0.4, -0.2) is 30.6 Å². The number of esters is 1. The van der Waals surface area contributed by atoms with E-state index in [-0.39, 0.29) is 22.8 Å². The van der Waals surface area contributed by atoms with Crippen LogP contribution in [0.15, 0.2) is 54.6 Å². The van der Waals surface area contributed by atoms with E-state index in [4.69, 9.17) is 4.74 Å². The zero-order valence-corrected chi connectivity index (χ0v) is 16.1. The molecule has 27 heavy (non-hydrogen) atoms. The molecule has 5 nitrogen and oxygen atoms in total. The molecule has 0 bridgehead atoms. The van der Waals surface area contributed by atoms with Crippen molar-refractivity contribution in [2.45, 2.75) is 18.6 Å². The topological polar surface area (TPSA) is 63.7 Å². The highest BCUT2D eigenvalue weighted by atomic mass is 32.2. The number of carbonyl (C=O) groups is 3. The van der Waals surface area contributed by atoms with Crippen molar-refractivity contribution in [3.05, 3.63) is 65.7 Å². The zero-order valence-electron chi connectivity index (χ0n) is 15.3. The summed E-state index contributed by atoms with van der Waals surface area (Å²) < 4.78 is 4.78. The van der Waals surface area contributed by atoms with Gasteiger partial charge in [0.2, 0.25) is 5.91 Å². The van der Waals surface area contributed by atoms with Gasteiger partial charge in [0.05, 0.1) is 13.0 Å². The molecule has 1 aliphatic rings. The van der Waals surface area contributed by atoms with Crippen molar-refractivity contribution in [2.75, 3.05) is 18.6 Å². The van der Waals surface area contributed by atoms with Gasteiger partial charge in [-0.1, -0.05) is 54.2 Å². The molecular formula is C21H21NO4S. The maximum atomic E-state index is 13.5. The third kappa shape index (κ3) is 4.22. The van der Waals surface area contributed by atoms with Gasteiger partial charge in [-0.2, -0.15) is 0 Å². The van der Waals surface area contributed by atoms with E-state index in [9.17, 15) is 14.4 Å². The van der Waals surface area contributed by atoms with Gasteiger partial charge >= 0.3 is 5.97 Å². The molecule has 2 aromatic carbocycles. The monoisotopic (exact) mass is 383 g/mol. The van der Waals surface area contributed by atoms with E-state index < -0.39 is 11.9 Å². The fourth-order valence-electron chi connectivity index (χ4n) is 3.40. The molecule has 0 spiro atoms. The molecule has 3 rings (SSSR count). The van der Waals surface area contributed by atoms with Crippen LogP contribution < -0.4 is 4.90 Å². The number of para-hydroxylation sites is 1. The SMILES string of the molecule is COC(=O)CN(C(=O)[C@@H]1Cc2ccccc2[C@@H]1SC(C)=O)c1ccccc1. The van der Waals surface area contributed by atoms with Gasteiger partial charge in [0, 0.05) is 17.9 Å². The van der Waals surface area contributed by atoms with Crippen LogP contribution in [0.5, 0.6) is 0 Å². The first-order valence-electron chi connectivity index (χ1n) is 8.69. The molecule has 1 aliphatic carbocycles. The second-order valence-electron chi connectivity index (χ2n) is 6.38. The summed E-state index contributed by atoms with van der Waals surface area (Å²) in [6.45, 7) is 1.35. The first kappa shape index (κ1) is 19.2. The summed E-state index contributed by atoms with van der Waals surface area (Å²) in [5.41, 5.74) is 2.72. The van der Waals surface area contributed by atoms with Gasteiger partial charge < -0.3 is 9.64 Å². The quantitative estimate of drug-likeness (QED) is 0.741. The standard InChI is InChI=1S/C21H21NO4S/c1-14(23)27-20-17-11-7-6-8-15(17)12-18(20)21(25)22(13-19(24)26-2)16-9-4-3-5-10-16/h3-11,18,20H,12-13H2,1-2H3/t18-,20+/m1/s1. The molecule has 0 heterocycles. The normalized spacial score (nSPS) is 17.9. The van der Waals surface area contributed by atoms with Crippen molar-refractivity contribution >= 4 is 34.4 Å². The van der Waals surface area contributed by atoms with Crippen LogP contribution in [0.4, 0.5) is 5.69 Å². The Morgan fingerprint density at radius 1 is 1.07 bits per heavy atom. The van der Waals surface area contributed by atoms with Crippen LogP contribution in [0.25, 0.3) is 0 Å². The molecule has 2 aromatic rings. The number of hydrogen-bond acceptors (Lipinski definition) is 5. The number of ether oxygens (including phenoxy) is 1. The predicted molar refractivity (Wildman–Crippen MR) is 105 cm³/mol. The van der Waals surface area contributed by atoms with Crippen LogP contribution in [0.3, 0.4) is 0 Å². The van der Waals surface area contributed by atoms with Gasteiger partial charge in [-0.3, -0.25) is 14.4 Å². The molecule has 0 saturated carbocycles. The molecule has 0 aliphatic heterocycles. The van der Waals surface area contributed by atoms with Crippen molar-refractivity contribution in [3.63, 3.8) is 0 Å². The van der Waals surface area contributed by atoms with Gasteiger partial charge in [0.1, 0.15) is 6.54 Å². The lowest BCUT2D eigenvalue weighted by atomic mass is 10.0. The van der Waals surface area contributed by atoms with Crippen LogP contribution in [0.2, 0.25) is 0 Å². The van der Waals surface area contributed by atoms with Gasteiger partial charge in [-0.05, 0) is 29.7 Å². The molecule has 2 atom stereocenters. The first-order chi connectivity index (χ1) is 13.0. The van der Waals surface area contributed by atoms with Crippen LogP contribution >= 0.6 is 11.8 Å². The minimum Gasteiger partial charge on any atom is -0.468 e. The Balaban J connectivity index is 1.95. The Bertz CT molecular complexity index is 852. The summed E-state index contributed by atoms with van der Waals surface area (Å²) in [5, 5.41) is -0.288. The molecule has 140 valence electrons. The van der Waals surface area contributed by atoms with Gasteiger partial charge in [-0.15, -0.1) is 0 Å². The lowest BCUT2D eigenvalue weighted by Crippen LogP contribution is -2.41. The number of benzene rings is 2. The van der Waals surface area contributed by atoms with E-state index in [1.165, 1.54) is 30.7 Å². The molecule has 0 unspecified atom stereocenters. The van der Waals surface area contributed by atoms with E-state index in [0.29, 0.717) is 12.1 Å². The zero-order chi connectivity index (χ0) is 19.4. The third-order valence-corrected chi connectivity index (χ3v) is 5.79. The average Bonchev–Trinajstić information content (AvgIpc) is 3.04. The molecule has 0 saturated heterocycles. The van der Waals surface area contributed by atoms with E-state index in [0.717, 1.165) is 11.1 Å². The highest BCUT2D eigenvalue weighted by Gasteiger charge is 2.41. The molecule has 0 aromatic heterocycles. The number of thioether (sulfide) groups is 1. The number of anilines is 1. The molecule has 0 N–H and O–H groups in total. The smallest absolute Gasteiger partial charge is 0.325 e. The average molecular weight is 383 g/mol. The fraction of sp³-hybridized carbons (Fsp3) is 0.286. The minimum atomic E-state index is -0.488. The van der Waals surface area contributed by atoms with Gasteiger partial charge in [-0.25, -0.2) is 0 Å². The molecule has 1 amide bonds. The summed E-state index contributed by atoms with van der Waals surface area (Å²) in [5.74, 6) is -1.08. The van der Waals surface area contributed by atoms with E-state index in [1.807, 2.05) is 42.5 Å². The van der Waals surface area contributed by atoms with Crippen molar-refractivity contribution < 1.29 is 19.1 Å². The number of methoxy groups -OCH3 is 1. The summed E-state index contributed by atoms with van der Waals surface area (Å²) in [6.07, 6.45) is 0.546. The lowest BCUT2D eigenvalue weighted by molar-refractivity contribution is -0.140. The highest BCUT2D eigenvalue weighted by molar-refractivity contribution is 8.13. The molecule has 0 fully saturated rings. The molecular weight excluding hydrogens is 362 g/mol. The van der Waals surface area contributed by atoms with Crippen molar-refractivity contribution in [1.82, 2.24) is 0 Å². The number of nitrogens with zero attached hydrogens (tertiary/aromatic N) is 1. The van der Waals surface area contributed by atoms with Crippen LogP contribution in [0.1, 0.15) is 23.3 Å². The maximum absolute atomic E-state index is 13.5. The van der Waals surface area contributed by atoms with Gasteiger partial charge in [0.15, 0.2) is 5.12 Å². The largest absolute Gasteiger partial charge is 0.468 e. The Hall–Kier alpha value is -2.60. The Labute approximate surface area is 162 Å². The second-order valence-corrected chi connectivity index (χ2v) is 7.69. The van der Waals surface area contributed by atoms with Crippen molar-refractivity contribution in [2.24, 2.45) is 5.92 Å². The summed E-state index contributed by atoms with van der Waals surface area (Å²) in [7, 11) is 1.30. The third-order valence-electron chi connectivity index (χ3n) is 4.63. The van der Waals surface area contributed by atoms with Gasteiger partial charge in [0.25, 0.3) is 0 Å². The number of rotatable bonds is 5. The summed E-state index contributed by atoms with van der Waals surface area (Å²) >= 11 is 1.18. The second kappa shape index (κ2) is 8.39. The highest BCUT2D eigenvalue weighted by Crippen LogP contribution is 2.46. The predicted octanol–water partition coefficient (Wildman–Crippen LogP) is 3.39. The lowest BCUT2D eigenvalue weighted by Gasteiger charge is -2.27. The van der Waals surface area contributed by atoms with E-state index in [1.54, 1.807) is 12.1 Å². The number of fused-ring (bicyclic) bond motifs is 1. The van der Waals surface area contributed by atoms with Crippen molar-refractivity contribution in [1.29, 1.82) is 0 Å². The van der Waals surface area contributed by atoms with Crippen LogP contribution in [0, 0.1) is 5.92 Å². The number of amides is 1. The molecule has 0 radical (unpaired) electrons. The minimum absolute atomic E-state index is 0.0336. The summed E-state index contributed by atoms with van der Waals surface area (Å²) in [6, 6.07) is 16.9. The Morgan fingerprint density at radius 3 is 2.41 bits per heavy atom. The van der Waals surface area contributed by atoms with Crippen LogP contribution in [-0.2, 0) is 25.5 Å². The summed E-state index contributed by atoms with van der Waals surface area (Å²) in [4.78, 5) is 38.6. The number of carbonyl (C=O) groups excluding carboxylic acids is 3. The van der Waals surface area contributed by atoms with Crippen molar-refractivity contribution in [3.8, 4) is 0 Å². The number of hydrogen-bond donors (Lipinski definition) is 0. The first-order valence-corrected chi connectivity index (χ1v) is 9.57. The van der Waals surface area contributed by atoms with E-state index >= 15 is 0 Å². The maximum Gasteiger partial charge on any atom is 0.325 e. The Kier molecular flexibility index (Phi) is 5.96.